The molecule has 0 N–H and O–H groups in total. The molecule has 0 saturated heterocycles. The van der Waals surface area contributed by atoms with Crippen LogP contribution in [0.3, 0.4) is 0 Å². The van der Waals surface area contributed by atoms with Crippen molar-refractivity contribution >= 4 is 33.8 Å². The van der Waals surface area contributed by atoms with Crippen LogP contribution in [0, 0.1) is 0 Å². The van der Waals surface area contributed by atoms with Crippen molar-refractivity contribution in [1.82, 2.24) is 4.98 Å². The monoisotopic (exact) mass is 269 g/mol. The Hall–Kier alpha value is -1.49. The van der Waals surface area contributed by atoms with Crippen molar-refractivity contribution in [3.63, 3.8) is 0 Å². The van der Waals surface area contributed by atoms with Gasteiger partial charge in [-0.25, -0.2) is 9.78 Å². The van der Waals surface area contributed by atoms with Crippen LogP contribution in [0.2, 0.25) is 0 Å². The van der Waals surface area contributed by atoms with Crippen molar-refractivity contribution in [1.29, 1.82) is 0 Å². The van der Waals surface area contributed by atoms with E-state index in [1.165, 1.54) is 6.08 Å². The summed E-state index contributed by atoms with van der Waals surface area (Å²) in [5, 5.41) is 0. The molecule has 78 valence electrons. The molecule has 0 aliphatic carbocycles. The predicted octanol–water partition coefficient (Wildman–Crippen LogP) is 1.60. The van der Waals surface area contributed by atoms with Crippen LogP contribution in [0.25, 0.3) is 6.08 Å². The number of ketones is 1. The second-order valence-corrected chi connectivity index (χ2v) is 3.42. The van der Waals surface area contributed by atoms with Gasteiger partial charge in [-0.1, -0.05) is 6.07 Å². The van der Waals surface area contributed by atoms with E-state index in [1.54, 1.807) is 18.3 Å². The van der Waals surface area contributed by atoms with Gasteiger partial charge in [0.05, 0.1) is 7.11 Å². The smallest absolute Gasteiger partial charge is 0.378 e. The van der Waals surface area contributed by atoms with E-state index in [-0.39, 0.29) is 0 Å². The standard InChI is InChI=1S/C10H8BrNO3/c1-15-10(14)8(13)4-2-7-3-5-9(11)12-6-7/h2-6H,1H3. The maximum atomic E-state index is 11.0. The molecule has 0 aliphatic rings. The van der Waals surface area contributed by atoms with E-state index in [0.29, 0.717) is 4.60 Å². The average Bonchev–Trinajstić information content (AvgIpc) is 2.26. The third kappa shape index (κ3) is 3.63. The van der Waals surface area contributed by atoms with Crippen molar-refractivity contribution in [2.24, 2.45) is 0 Å². The molecule has 1 heterocycles. The second kappa shape index (κ2) is 5.41. The third-order valence-corrected chi connectivity index (χ3v) is 2.03. The molecule has 1 aromatic rings. The molecule has 0 radical (unpaired) electrons. The molecule has 5 heteroatoms. The molecule has 0 amide bonds. The molecule has 0 aromatic carbocycles. The molecule has 15 heavy (non-hydrogen) atoms. The molecule has 0 atom stereocenters. The van der Waals surface area contributed by atoms with E-state index < -0.39 is 11.8 Å². The van der Waals surface area contributed by atoms with Gasteiger partial charge in [-0.2, -0.15) is 0 Å². The lowest BCUT2D eigenvalue weighted by atomic mass is 10.2. The molecule has 0 spiro atoms. The Kier molecular flexibility index (Phi) is 4.17. The lowest BCUT2D eigenvalue weighted by Crippen LogP contribution is -2.12. The van der Waals surface area contributed by atoms with Crippen LogP contribution in [0.4, 0.5) is 0 Å². The summed E-state index contributed by atoms with van der Waals surface area (Å²) < 4.78 is 4.96. The number of rotatable bonds is 3. The number of hydrogen-bond acceptors (Lipinski definition) is 4. The quantitative estimate of drug-likeness (QED) is 0.362. The second-order valence-electron chi connectivity index (χ2n) is 2.60. The molecular weight excluding hydrogens is 262 g/mol. The Bertz CT molecular complexity index is 398. The topological polar surface area (TPSA) is 56.3 Å². The molecule has 0 bridgehead atoms. The normalized spacial score (nSPS) is 10.3. The van der Waals surface area contributed by atoms with Crippen molar-refractivity contribution in [2.75, 3.05) is 7.11 Å². The fourth-order valence-corrected chi connectivity index (χ4v) is 1.06. The van der Waals surface area contributed by atoms with Crippen molar-refractivity contribution < 1.29 is 14.3 Å². The van der Waals surface area contributed by atoms with Gasteiger partial charge < -0.3 is 4.74 Å². The van der Waals surface area contributed by atoms with Gasteiger partial charge in [0.15, 0.2) is 0 Å². The minimum atomic E-state index is -0.878. The molecule has 0 saturated carbocycles. The lowest BCUT2D eigenvalue weighted by molar-refractivity contribution is -0.149. The first-order valence-corrected chi connectivity index (χ1v) is 4.84. The zero-order chi connectivity index (χ0) is 11.3. The number of hydrogen-bond donors (Lipinski definition) is 0. The number of carbonyl (C=O) groups is 2. The van der Waals surface area contributed by atoms with E-state index in [9.17, 15) is 9.59 Å². The fourth-order valence-electron chi connectivity index (χ4n) is 0.826. The molecule has 1 rings (SSSR count). The summed E-state index contributed by atoms with van der Waals surface area (Å²) in [6.45, 7) is 0. The number of methoxy groups -OCH3 is 1. The molecule has 0 aliphatic heterocycles. The summed E-state index contributed by atoms with van der Waals surface area (Å²) >= 11 is 3.18. The van der Waals surface area contributed by atoms with Crippen LogP contribution in [-0.4, -0.2) is 23.8 Å². The Morgan fingerprint density at radius 3 is 2.73 bits per heavy atom. The molecular formula is C10H8BrNO3. The first-order chi connectivity index (χ1) is 7.13. The van der Waals surface area contributed by atoms with E-state index in [2.05, 4.69) is 25.7 Å². The van der Waals surface area contributed by atoms with Gasteiger partial charge in [-0.3, -0.25) is 4.79 Å². The van der Waals surface area contributed by atoms with Gasteiger partial charge in [-0.15, -0.1) is 0 Å². The lowest BCUT2D eigenvalue weighted by Gasteiger charge is -1.93. The number of carbonyl (C=O) groups excluding carboxylic acids is 2. The van der Waals surface area contributed by atoms with Crippen molar-refractivity contribution in [3.8, 4) is 0 Å². The summed E-state index contributed by atoms with van der Waals surface area (Å²) in [4.78, 5) is 25.7. The van der Waals surface area contributed by atoms with Gasteiger partial charge in [0, 0.05) is 6.20 Å². The number of esters is 1. The van der Waals surface area contributed by atoms with Crippen LogP contribution >= 0.6 is 15.9 Å². The number of pyridine rings is 1. The highest BCUT2D eigenvalue weighted by Gasteiger charge is 2.08. The number of halogens is 1. The average molecular weight is 270 g/mol. The predicted molar refractivity (Wildman–Crippen MR) is 58.0 cm³/mol. The number of ether oxygens (including phenoxy) is 1. The summed E-state index contributed by atoms with van der Waals surface area (Å²) in [5.74, 6) is -1.57. The minimum Gasteiger partial charge on any atom is -0.463 e. The Morgan fingerprint density at radius 2 is 2.20 bits per heavy atom. The van der Waals surface area contributed by atoms with Gasteiger partial charge in [0.2, 0.25) is 0 Å². The van der Waals surface area contributed by atoms with E-state index in [4.69, 9.17) is 0 Å². The van der Waals surface area contributed by atoms with Gasteiger partial charge in [-0.05, 0) is 39.7 Å². The minimum absolute atomic E-state index is 0.694. The zero-order valence-electron chi connectivity index (χ0n) is 7.94. The maximum absolute atomic E-state index is 11.0. The highest BCUT2D eigenvalue weighted by Crippen LogP contribution is 2.07. The highest BCUT2D eigenvalue weighted by molar-refractivity contribution is 9.10. The Morgan fingerprint density at radius 1 is 1.47 bits per heavy atom. The first kappa shape index (κ1) is 11.6. The molecule has 0 fully saturated rings. The molecule has 4 nitrogen and oxygen atoms in total. The van der Waals surface area contributed by atoms with E-state index in [0.717, 1.165) is 18.7 Å². The molecule has 1 aromatic heterocycles. The highest BCUT2D eigenvalue weighted by atomic mass is 79.9. The number of aromatic nitrogens is 1. The van der Waals surface area contributed by atoms with Crippen LogP contribution in [0.15, 0.2) is 29.0 Å². The first-order valence-electron chi connectivity index (χ1n) is 4.05. The fraction of sp³-hybridized carbons (Fsp3) is 0.100. The van der Waals surface area contributed by atoms with Gasteiger partial charge in [0.1, 0.15) is 4.60 Å². The Balaban J connectivity index is 2.69. The van der Waals surface area contributed by atoms with Crippen LogP contribution in [0.5, 0.6) is 0 Å². The summed E-state index contributed by atoms with van der Waals surface area (Å²) in [7, 11) is 1.16. The number of nitrogens with zero attached hydrogens (tertiary/aromatic N) is 1. The molecule has 0 unspecified atom stereocenters. The van der Waals surface area contributed by atoms with Gasteiger partial charge in [0.25, 0.3) is 5.78 Å². The summed E-state index contributed by atoms with van der Waals surface area (Å²) in [6, 6.07) is 3.50. The maximum Gasteiger partial charge on any atom is 0.378 e. The van der Waals surface area contributed by atoms with Crippen molar-refractivity contribution in [3.05, 3.63) is 34.6 Å². The third-order valence-electron chi connectivity index (χ3n) is 1.56. The Labute approximate surface area is 95.1 Å². The summed E-state index contributed by atoms with van der Waals surface area (Å²) in [6.07, 6.45) is 4.22. The van der Waals surface area contributed by atoms with Crippen LogP contribution in [-0.2, 0) is 14.3 Å². The SMILES string of the molecule is COC(=O)C(=O)C=Cc1ccc(Br)nc1. The van der Waals surface area contributed by atoms with E-state index >= 15 is 0 Å². The van der Waals surface area contributed by atoms with Crippen LogP contribution in [0.1, 0.15) is 5.56 Å². The van der Waals surface area contributed by atoms with Gasteiger partial charge >= 0.3 is 5.97 Å². The van der Waals surface area contributed by atoms with E-state index in [1.807, 2.05) is 0 Å². The van der Waals surface area contributed by atoms with Crippen molar-refractivity contribution in [2.45, 2.75) is 0 Å². The summed E-state index contributed by atoms with van der Waals surface area (Å²) in [5.41, 5.74) is 0.732. The zero-order valence-corrected chi connectivity index (χ0v) is 9.52. The van der Waals surface area contributed by atoms with Crippen LogP contribution < -0.4 is 0 Å². The largest absolute Gasteiger partial charge is 0.463 e.